The Morgan fingerprint density at radius 2 is 1.72 bits per heavy atom. The fourth-order valence-electron chi connectivity index (χ4n) is 5.20. The molecule has 46 heavy (non-hydrogen) atoms. The number of hydrogen-bond acceptors (Lipinski definition) is 7. The van der Waals surface area contributed by atoms with Gasteiger partial charge in [-0.2, -0.15) is 0 Å². The van der Waals surface area contributed by atoms with Crippen molar-refractivity contribution in [3.05, 3.63) is 62.4 Å². The van der Waals surface area contributed by atoms with Gasteiger partial charge >= 0.3 is 0 Å². The zero-order valence-electron chi connectivity index (χ0n) is 25.2. The number of carbonyl (C=O) groups excluding carboxylic acids is 2. The molecule has 0 unspecified atom stereocenters. The van der Waals surface area contributed by atoms with Crippen LogP contribution in [-0.2, 0) is 14.6 Å². The van der Waals surface area contributed by atoms with Gasteiger partial charge in [-0.1, -0.05) is 53.0 Å². The molecule has 2 heterocycles. The van der Waals surface area contributed by atoms with Gasteiger partial charge in [0.25, 0.3) is 5.91 Å². The van der Waals surface area contributed by atoms with E-state index in [1.165, 1.54) is 0 Å². The van der Waals surface area contributed by atoms with Crippen LogP contribution >= 0.6 is 46.1 Å². The lowest BCUT2D eigenvalue weighted by Gasteiger charge is -2.40. The summed E-state index contributed by atoms with van der Waals surface area (Å²) < 4.78 is 56.7. The van der Waals surface area contributed by atoms with Gasteiger partial charge in [-0.05, 0) is 56.0 Å². The molecule has 15 heteroatoms. The number of nitrogens with one attached hydrogen (secondary N) is 1. The summed E-state index contributed by atoms with van der Waals surface area (Å²) in [5.74, 6) is -3.82. The Hall–Kier alpha value is -2.48. The summed E-state index contributed by atoms with van der Waals surface area (Å²) >= 11 is 20.2. The van der Waals surface area contributed by atoms with Gasteiger partial charge < -0.3 is 20.7 Å². The van der Waals surface area contributed by atoms with Crippen LogP contribution in [0.25, 0.3) is 21.6 Å². The van der Waals surface area contributed by atoms with Crippen LogP contribution < -0.4 is 15.8 Å². The van der Waals surface area contributed by atoms with Gasteiger partial charge in [0, 0.05) is 58.4 Å². The number of carbonyl (C=O) groups is 2. The molecule has 1 saturated heterocycles. The minimum atomic E-state index is -3.25. The molecule has 1 fully saturated rings. The normalized spacial score (nSPS) is 15.2. The van der Waals surface area contributed by atoms with Gasteiger partial charge in [-0.25, -0.2) is 17.2 Å². The van der Waals surface area contributed by atoms with Gasteiger partial charge in [-0.3, -0.25) is 9.59 Å². The van der Waals surface area contributed by atoms with Crippen LogP contribution in [0.4, 0.5) is 8.78 Å². The molecule has 1 aliphatic rings. The average Bonchev–Trinajstić information content (AvgIpc) is 3.33. The largest absolute Gasteiger partial charge is 0.491 e. The zero-order chi connectivity index (χ0) is 33.9. The molecule has 3 aromatic rings. The summed E-state index contributed by atoms with van der Waals surface area (Å²) in [6.45, 7) is 0.937. The van der Waals surface area contributed by atoms with E-state index in [9.17, 15) is 26.8 Å². The number of nitrogens with two attached hydrogens (primary N) is 1. The molecule has 2 amide bonds. The molecule has 0 radical (unpaired) electrons. The van der Waals surface area contributed by atoms with Crippen molar-refractivity contribution in [2.45, 2.75) is 44.1 Å². The van der Waals surface area contributed by atoms with Gasteiger partial charge in [0.15, 0.2) is 5.75 Å². The Bertz CT molecular complexity index is 1690. The molecule has 0 atom stereocenters. The number of nitrogens with zero attached hydrogens (tertiary/aromatic N) is 1. The Morgan fingerprint density at radius 3 is 2.28 bits per heavy atom. The predicted octanol–water partition coefficient (Wildman–Crippen LogP) is 6.95. The van der Waals surface area contributed by atoms with Crippen LogP contribution in [0.2, 0.25) is 15.1 Å². The monoisotopic (exact) mass is 735 g/mol. The summed E-state index contributed by atoms with van der Waals surface area (Å²) in [7, 11) is -3.25. The van der Waals surface area contributed by atoms with E-state index in [0.717, 1.165) is 24.5 Å². The van der Waals surface area contributed by atoms with Gasteiger partial charge in [-0.15, -0.1) is 11.3 Å². The Kier molecular flexibility index (Phi) is 11.6. The third-order valence-electron chi connectivity index (χ3n) is 7.68. The first-order valence-corrected chi connectivity index (χ1v) is 18.4. The summed E-state index contributed by atoms with van der Waals surface area (Å²) in [5.41, 5.74) is 6.33. The lowest BCUT2D eigenvalue weighted by Crippen LogP contribution is -2.61. The molecule has 8 nitrogen and oxygen atoms in total. The highest BCUT2D eigenvalue weighted by atomic mass is 35.5. The lowest BCUT2D eigenvalue weighted by molar-refractivity contribution is -0.126. The van der Waals surface area contributed by atoms with E-state index < -0.39 is 33.6 Å². The van der Waals surface area contributed by atoms with Crippen molar-refractivity contribution < 1.29 is 31.5 Å². The first-order valence-electron chi connectivity index (χ1n) is 14.4. The lowest BCUT2D eigenvalue weighted by atomic mass is 9.86. The number of piperidine rings is 1. The molecule has 0 bridgehead atoms. The number of amides is 2. The second kappa shape index (κ2) is 14.7. The summed E-state index contributed by atoms with van der Waals surface area (Å²) in [5, 5.41) is 4.19. The second-order valence-corrected chi connectivity index (χ2v) is 16.0. The minimum Gasteiger partial charge on any atom is -0.491 e. The minimum absolute atomic E-state index is 0.00916. The fourth-order valence-corrected chi connectivity index (χ4v) is 7.80. The Morgan fingerprint density at radius 1 is 1.09 bits per heavy atom. The number of likely N-dealkylation sites (tertiary alicyclic amines) is 1. The first-order chi connectivity index (χ1) is 21.5. The van der Waals surface area contributed by atoms with Crippen LogP contribution in [0.15, 0.2) is 42.5 Å². The number of primary amides is 1. The average molecular weight is 737 g/mol. The van der Waals surface area contributed by atoms with E-state index in [1.807, 2.05) is 0 Å². The van der Waals surface area contributed by atoms with E-state index in [4.69, 9.17) is 45.3 Å². The zero-order valence-corrected chi connectivity index (χ0v) is 29.1. The molecular weight excluding hydrogens is 703 g/mol. The fraction of sp³-hybridized carbons (Fsp3) is 0.419. The number of hydrogen-bond donors (Lipinski definition) is 2. The van der Waals surface area contributed by atoms with Crippen LogP contribution in [0, 0.1) is 0 Å². The van der Waals surface area contributed by atoms with Gasteiger partial charge in [0.05, 0.1) is 17.4 Å². The van der Waals surface area contributed by atoms with Crippen LogP contribution in [0.5, 0.6) is 5.75 Å². The number of thiophene rings is 1. The number of benzene rings is 2. The van der Waals surface area contributed by atoms with Crippen molar-refractivity contribution in [3.8, 4) is 27.3 Å². The number of sulfone groups is 1. The van der Waals surface area contributed by atoms with Gasteiger partial charge in [0.1, 0.15) is 20.3 Å². The Labute approximate surface area is 286 Å². The molecular formula is C31H34Cl3F2N3O5S2. The molecule has 0 spiro atoms. The standard InChI is InChI=1S/C31H34Cl3F2N3O5S2/c1-30(35,36)10-13-38-31(29(37)41)11-14-39(15-12-31)28(40)27-25(44-16-3-17-46(2,42)43)24(19-4-6-20(32)7-5-19)26(45-27)22-9-8-21(33)18-23(22)34/h4-9,18,38H,3,10-17H2,1-2H3,(H2,37,41). The number of halogens is 5. The van der Waals surface area contributed by atoms with E-state index in [2.05, 4.69) is 5.32 Å². The van der Waals surface area contributed by atoms with Crippen LogP contribution in [0.3, 0.4) is 0 Å². The number of alkyl halides is 2. The third kappa shape index (κ3) is 9.11. The van der Waals surface area contributed by atoms with Gasteiger partial charge in [0.2, 0.25) is 11.8 Å². The Balaban J connectivity index is 1.74. The third-order valence-corrected chi connectivity index (χ3v) is 10.7. The maximum Gasteiger partial charge on any atom is 0.267 e. The summed E-state index contributed by atoms with van der Waals surface area (Å²) in [6.07, 6.45) is 1.10. The molecule has 3 N–H and O–H groups in total. The maximum absolute atomic E-state index is 14.2. The quantitative estimate of drug-likeness (QED) is 0.184. The van der Waals surface area contributed by atoms with E-state index in [1.54, 1.807) is 47.4 Å². The molecule has 0 saturated carbocycles. The smallest absolute Gasteiger partial charge is 0.267 e. The highest BCUT2D eigenvalue weighted by molar-refractivity contribution is 7.90. The van der Waals surface area contributed by atoms with E-state index in [0.29, 0.717) is 36.6 Å². The van der Waals surface area contributed by atoms with Crippen LogP contribution in [0.1, 0.15) is 42.3 Å². The maximum atomic E-state index is 14.2. The molecule has 4 rings (SSSR count). The predicted molar refractivity (Wildman–Crippen MR) is 180 cm³/mol. The van der Waals surface area contributed by atoms with Crippen molar-refractivity contribution >= 4 is 67.8 Å². The van der Waals surface area contributed by atoms with Crippen molar-refractivity contribution in [2.75, 3.05) is 38.2 Å². The molecule has 2 aromatic carbocycles. The SMILES string of the molecule is CC(F)(F)CCNC1(C(N)=O)CCN(C(=O)c2sc(-c3ccc(Cl)cc3Cl)c(-c3ccc(Cl)cc3)c2OCCCS(C)(=O)=O)CC1. The van der Waals surface area contributed by atoms with Crippen molar-refractivity contribution in [1.29, 1.82) is 0 Å². The summed E-state index contributed by atoms with van der Waals surface area (Å²) in [6, 6.07) is 12.0. The second-order valence-electron chi connectivity index (χ2n) is 11.4. The topological polar surface area (TPSA) is 119 Å². The molecule has 0 aliphatic carbocycles. The number of rotatable bonds is 13. The van der Waals surface area contributed by atoms with Crippen LogP contribution in [-0.4, -0.2) is 74.8 Å². The summed E-state index contributed by atoms with van der Waals surface area (Å²) in [4.78, 5) is 29.1. The first kappa shape index (κ1) is 36.4. The highest BCUT2D eigenvalue weighted by Gasteiger charge is 2.42. The van der Waals surface area contributed by atoms with E-state index in [-0.39, 0.29) is 67.8 Å². The van der Waals surface area contributed by atoms with Crippen molar-refractivity contribution in [1.82, 2.24) is 10.2 Å². The molecule has 1 aliphatic heterocycles. The highest BCUT2D eigenvalue weighted by Crippen LogP contribution is 2.50. The molecule has 1 aromatic heterocycles. The van der Waals surface area contributed by atoms with E-state index >= 15 is 0 Å². The molecule has 250 valence electrons. The van der Waals surface area contributed by atoms with Crippen molar-refractivity contribution in [2.24, 2.45) is 5.73 Å². The van der Waals surface area contributed by atoms with Crippen molar-refractivity contribution in [3.63, 3.8) is 0 Å². The number of ether oxygens (including phenoxy) is 1.